The van der Waals surface area contributed by atoms with Gasteiger partial charge in [0.2, 0.25) is 0 Å². The Balaban J connectivity index is 3.01. The molecule has 1 unspecified atom stereocenters. The minimum Gasteiger partial charge on any atom is -0.398 e. The van der Waals surface area contributed by atoms with Gasteiger partial charge in [-0.05, 0) is 35.0 Å². The minimum atomic E-state index is -0.221. The van der Waals surface area contributed by atoms with Gasteiger partial charge in [-0.25, -0.2) is 0 Å². The van der Waals surface area contributed by atoms with Crippen molar-refractivity contribution in [1.29, 1.82) is 0 Å². The molecule has 1 amide bonds. The highest BCUT2D eigenvalue weighted by molar-refractivity contribution is 9.10. The van der Waals surface area contributed by atoms with Crippen LogP contribution in [0.15, 0.2) is 22.7 Å². The third kappa shape index (κ3) is 2.54. The van der Waals surface area contributed by atoms with Gasteiger partial charge >= 0.3 is 0 Å². The van der Waals surface area contributed by atoms with Gasteiger partial charge in [0, 0.05) is 12.7 Å². The number of anilines is 1. The molecule has 88 valence electrons. The summed E-state index contributed by atoms with van der Waals surface area (Å²) >= 11 is 3.29. The highest BCUT2D eigenvalue weighted by atomic mass is 79.9. The van der Waals surface area contributed by atoms with Gasteiger partial charge in [0.15, 0.2) is 0 Å². The predicted octanol–water partition coefficient (Wildman–Crippen LogP) is 1.48. The first kappa shape index (κ1) is 13.0. The number of aliphatic hydroxyl groups excluding tert-OH is 1. The lowest BCUT2D eigenvalue weighted by atomic mass is 10.1. The molecule has 1 rings (SSSR count). The van der Waals surface area contributed by atoms with Gasteiger partial charge < -0.3 is 15.7 Å². The first-order valence-corrected chi connectivity index (χ1v) is 5.70. The second-order valence-electron chi connectivity index (χ2n) is 3.66. The van der Waals surface area contributed by atoms with Crippen LogP contribution in [-0.4, -0.2) is 35.6 Å². The number of benzene rings is 1. The van der Waals surface area contributed by atoms with E-state index in [0.29, 0.717) is 15.7 Å². The summed E-state index contributed by atoms with van der Waals surface area (Å²) in [6.07, 6.45) is 0. The Bertz CT molecular complexity index is 396. The first-order valence-electron chi connectivity index (χ1n) is 4.91. The minimum absolute atomic E-state index is 0.0673. The van der Waals surface area contributed by atoms with Crippen molar-refractivity contribution in [2.24, 2.45) is 0 Å². The van der Waals surface area contributed by atoms with Gasteiger partial charge in [-0.1, -0.05) is 6.07 Å². The van der Waals surface area contributed by atoms with Crippen LogP contribution in [0, 0.1) is 0 Å². The van der Waals surface area contributed by atoms with Crippen LogP contribution in [0.1, 0.15) is 17.3 Å². The maximum absolute atomic E-state index is 12.0. The van der Waals surface area contributed by atoms with E-state index in [1.165, 1.54) is 4.90 Å². The summed E-state index contributed by atoms with van der Waals surface area (Å²) in [5, 5.41) is 8.99. The smallest absolute Gasteiger partial charge is 0.255 e. The molecule has 0 aliphatic heterocycles. The monoisotopic (exact) mass is 286 g/mol. The molecule has 0 spiro atoms. The third-order valence-electron chi connectivity index (χ3n) is 2.50. The fourth-order valence-corrected chi connectivity index (χ4v) is 1.66. The number of carbonyl (C=O) groups is 1. The summed E-state index contributed by atoms with van der Waals surface area (Å²) in [4.78, 5) is 13.5. The van der Waals surface area contributed by atoms with Crippen LogP contribution in [0.2, 0.25) is 0 Å². The zero-order valence-corrected chi connectivity index (χ0v) is 10.9. The number of rotatable bonds is 3. The second-order valence-corrected chi connectivity index (χ2v) is 4.45. The van der Waals surface area contributed by atoms with Crippen LogP contribution in [-0.2, 0) is 0 Å². The summed E-state index contributed by atoms with van der Waals surface area (Å²) in [6.45, 7) is 1.71. The van der Waals surface area contributed by atoms with Gasteiger partial charge in [0.25, 0.3) is 5.91 Å². The molecule has 0 fully saturated rings. The van der Waals surface area contributed by atoms with Gasteiger partial charge in [0.05, 0.1) is 22.7 Å². The number of amides is 1. The third-order valence-corrected chi connectivity index (χ3v) is 3.39. The van der Waals surface area contributed by atoms with Crippen molar-refractivity contribution in [3.05, 3.63) is 28.2 Å². The normalized spacial score (nSPS) is 12.2. The van der Waals surface area contributed by atoms with Crippen LogP contribution < -0.4 is 5.73 Å². The van der Waals surface area contributed by atoms with E-state index in [1.807, 2.05) is 0 Å². The van der Waals surface area contributed by atoms with Crippen molar-refractivity contribution in [2.45, 2.75) is 13.0 Å². The largest absolute Gasteiger partial charge is 0.398 e. The number of halogens is 1. The van der Waals surface area contributed by atoms with E-state index < -0.39 is 0 Å². The molecule has 1 aromatic rings. The average molecular weight is 287 g/mol. The average Bonchev–Trinajstić information content (AvgIpc) is 2.29. The topological polar surface area (TPSA) is 66.6 Å². The summed E-state index contributed by atoms with van der Waals surface area (Å²) in [5.41, 5.74) is 6.73. The Labute approximate surface area is 103 Å². The molecule has 0 saturated heterocycles. The molecule has 0 bridgehead atoms. The number of carbonyl (C=O) groups excluding carboxylic acids is 1. The molecule has 16 heavy (non-hydrogen) atoms. The van der Waals surface area contributed by atoms with Crippen LogP contribution in [0.3, 0.4) is 0 Å². The van der Waals surface area contributed by atoms with Crippen molar-refractivity contribution in [3.63, 3.8) is 0 Å². The van der Waals surface area contributed by atoms with Crippen molar-refractivity contribution in [3.8, 4) is 0 Å². The molecule has 5 heteroatoms. The van der Waals surface area contributed by atoms with Crippen molar-refractivity contribution in [1.82, 2.24) is 4.90 Å². The number of hydrogen-bond donors (Lipinski definition) is 2. The Hall–Kier alpha value is -1.07. The van der Waals surface area contributed by atoms with Gasteiger partial charge in [0.1, 0.15) is 0 Å². The lowest BCUT2D eigenvalue weighted by Crippen LogP contribution is -2.37. The highest BCUT2D eigenvalue weighted by Gasteiger charge is 2.19. The number of nitrogens with zero attached hydrogens (tertiary/aromatic N) is 1. The van der Waals surface area contributed by atoms with E-state index in [1.54, 1.807) is 32.2 Å². The van der Waals surface area contributed by atoms with E-state index in [9.17, 15) is 4.79 Å². The predicted molar refractivity (Wildman–Crippen MR) is 67.2 cm³/mol. The second kappa shape index (κ2) is 5.32. The Morgan fingerprint density at radius 1 is 1.62 bits per heavy atom. The molecule has 0 radical (unpaired) electrons. The van der Waals surface area contributed by atoms with Gasteiger partial charge in [-0.3, -0.25) is 4.79 Å². The van der Waals surface area contributed by atoms with E-state index >= 15 is 0 Å². The summed E-state index contributed by atoms with van der Waals surface area (Å²) in [6, 6.07) is 4.92. The maximum Gasteiger partial charge on any atom is 0.255 e. The molecule has 0 aliphatic carbocycles. The van der Waals surface area contributed by atoms with E-state index in [4.69, 9.17) is 10.8 Å². The quantitative estimate of drug-likeness (QED) is 0.828. The zero-order chi connectivity index (χ0) is 12.3. The van der Waals surface area contributed by atoms with Crippen LogP contribution in [0.25, 0.3) is 0 Å². The number of nitrogens with two attached hydrogens (primary N) is 1. The lowest BCUT2D eigenvalue weighted by molar-refractivity contribution is 0.0681. The Kier molecular flexibility index (Phi) is 4.32. The van der Waals surface area contributed by atoms with Crippen molar-refractivity contribution < 1.29 is 9.90 Å². The molecular formula is C11H15BrN2O2. The van der Waals surface area contributed by atoms with E-state index in [0.717, 1.165) is 0 Å². The fraction of sp³-hybridized carbons (Fsp3) is 0.364. The number of hydrogen-bond acceptors (Lipinski definition) is 3. The lowest BCUT2D eigenvalue weighted by Gasteiger charge is -2.23. The molecule has 0 saturated carbocycles. The highest BCUT2D eigenvalue weighted by Crippen LogP contribution is 2.25. The Morgan fingerprint density at radius 2 is 2.25 bits per heavy atom. The van der Waals surface area contributed by atoms with Crippen molar-refractivity contribution in [2.75, 3.05) is 19.4 Å². The van der Waals surface area contributed by atoms with Crippen molar-refractivity contribution >= 4 is 27.5 Å². The molecule has 0 aliphatic rings. The molecule has 4 nitrogen and oxygen atoms in total. The zero-order valence-electron chi connectivity index (χ0n) is 9.27. The number of aliphatic hydroxyl groups is 1. The first-order chi connectivity index (χ1) is 7.49. The maximum atomic E-state index is 12.0. The summed E-state index contributed by atoms with van der Waals surface area (Å²) in [5.74, 6) is -0.166. The molecule has 0 heterocycles. The van der Waals surface area contributed by atoms with Gasteiger partial charge in [-0.15, -0.1) is 0 Å². The van der Waals surface area contributed by atoms with Gasteiger partial charge in [-0.2, -0.15) is 0 Å². The number of likely N-dealkylation sites (N-methyl/N-ethyl adjacent to an activating group) is 1. The SMILES string of the molecule is CC(CO)N(C)C(=O)c1cccc(N)c1Br. The summed E-state index contributed by atoms with van der Waals surface area (Å²) in [7, 11) is 1.65. The molecule has 0 aromatic heterocycles. The van der Waals surface area contributed by atoms with E-state index in [-0.39, 0.29) is 18.6 Å². The van der Waals surface area contributed by atoms with Crippen LogP contribution in [0.4, 0.5) is 5.69 Å². The van der Waals surface area contributed by atoms with Crippen LogP contribution in [0.5, 0.6) is 0 Å². The molecule has 1 aromatic carbocycles. The fourth-order valence-electron chi connectivity index (χ4n) is 1.23. The van der Waals surface area contributed by atoms with Crippen LogP contribution >= 0.6 is 15.9 Å². The van der Waals surface area contributed by atoms with E-state index in [2.05, 4.69) is 15.9 Å². The standard InChI is InChI=1S/C11H15BrN2O2/c1-7(6-15)14(2)11(16)8-4-3-5-9(13)10(8)12/h3-5,7,15H,6,13H2,1-2H3. The number of nitrogen functional groups attached to an aromatic ring is 1. The molecule has 3 N–H and O–H groups in total. The molecular weight excluding hydrogens is 272 g/mol. The Morgan fingerprint density at radius 3 is 2.81 bits per heavy atom. The molecule has 1 atom stereocenters. The summed E-state index contributed by atoms with van der Waals surface area (Å²) < 4.78 is 0.594.